The van der Waals surface area contributed by atoms with E-state index in [4.69, 9.17) is 21.5 Å². The smallest absolute Gasteiger partial charge is 0.475 e. The first-order chi connectivity index (χ1) is 14.5. The Morgan fingerprint density at radius 1 is 1.16 bits per heavy atom. The highest BCUT2D eigenvalue weighted by atomic mass is 35.5. The summed E-state index contributed by atoms with van der Waals surface area (Å²) >= 11 is 6.05. The summed E-state index contributed by atoms with van der Waals surface area (Å²) in [5.74, 6) is -1.06. The van der Waals surface area contributed by atoms with E-state index in [1.807, 2.05) is 0 Å². The van der Waals surface area contributed by atoms with Crippen LogP contribution in [0, 0.1) is 23.6 Å². The molecule has 11 heteroatoms. The van der Waals surface area contributed by atoms with Gasteiger partial charge < -0.3 is 10.4 Å². The van der Waals surface area contributed by atoms with Gasteiger partial charge in [-0.15, -0.1) is 0 Å². The number of aromatic nitrogens is 2. The summed E-state index contributed by atoms with van der Waals surface area (Å²) in [5.41, 5.74) is 0.0621. The number of rotatable bonds is 2. The Morgan fingerprint density at radius 2 is 1.68 bits per heavy atom. The lowest BCUT2D eigenvalue weighted by molar-refractivity contribution is -0.192. The summed E-state index contributed by atoms with van der Waals surface area (Å²) in [6.07, 6.45) is 3.70. The summed E-state index contributed by atoms with van der Waals surface area (Å²) in [6, 6.07) is 2.88. The van der Waals surface area contributed by atoms with E-state index >= 15 is 0 Å². The lowest BCUT2D eigenvalue weighted by atomic mass is 9.53. The van der Waals surface area contributed by atoms with Gasteiger partial charge in [0.15, 0.2) is 5.15 Å². The van der Waals surface area contributed by atoms with Crippen LogP contribution in [0.2, 0.25) is 5.15 Å². The van der Waals surface area contributed by atoms with Gasteiger partial charge in [-0.25, -0.2) is 14.2 Å². The number of carboxylic acids is 1. The van der Waals surface area contributed by atoms with Crippen LogP contribution in [0.3, 0.4) is 0 Å². The Bertz CT molecular complexity index is 1000. The molecule has 0 saturated heterocycles. The summed E-state index contributed by atoms with van der Waals surface area (Å²) in [5, 5.41) is 10.4. The normalized spacial score (nSPS) is 28.9. The van der Waals surface area contributed by atoms with E-state index in [1.165, 1.54) is 29.7 Å². The fourth-order valence-electron chi connectivity index (χ4n) is 5.78. The molecule has 0 unspecified atom stereocenters. The molecule has 2 heterocycles. The summed E-state index contributed by atoms with van der Waals surface area (Å²) in [7, 11) is 0. The SMILES string of the molecule is O=C(NC12CC3CC(CC(C3)C1)C2)c1nc(Cl)c2c(F)cccn12.O=C(O)C(F)(F)F. The minimum atomic E-state index is -5.08. The Labute approximate surface area is 179 Å². The number of nitrogens with zero attached hydrogens (tertiary/aromatic N) is 2. The van der Waals surface area contributed by atoms with Gasteiger partial charge in [-0.2, -0.15) is 13.2 Å². The third-order valence-corrected chi connectivity index (χ3v) is 6.70. The summed E-state index contributed by atoms with van der Waals surface area (Å²) in [6.45, 7) is 0. The Kier molecular flexibility index (Phi) is 5.39. The molecule has 4 saturated carbocycles. The van der Waals surface area contributed by atoms with Crippen molar-refractivity contribution in [1.82, 2.24) is 14.7 Å². The largest absolute Gasteiger partial charge is 0.490 e. The van der Waals surface area contributed by atoms with E-state index in [9.17, 15) is 22.4 Å². The van der Waals surface area contributed by atoms with E-state index in [-0.39, 0.29) is 27.9 Å². The van der Waals surface area contributed by atoms with Gasteiger partial charge in [0.2, 0.25) is 5.82 Å². The second-order valence-corrected chi connectivity index (χ2v) is 9.11. The van der Waals surface area contributed by atoms with Gasteiger partial charge in [0.25, 0.3) is 5.91 Å². The van der Waals surface area contributed by atoms with Crippen LogP contribution in [0.5, 0.6) is 0 Å². The monoisotopic (exact) mass is 461 g/mol. The van der Waals surface area contributed by atoms with Gasteiger partial charge in [-0.05, 0) is 68.4 Å². The van der Waals surface area contributed by atoms with Gasteiger partial charge >= 0.3 is 12.1 Å². The molecule has 0 radical (unpaired) electrons. The lowest BCUT2D eigenvalue weighted by Crippen LogP contribution is -2.60. The number of hydrogen-bond acceptors (Lipinski definition) is 3. The van der Waals surface area contributed by atoms with Crippen LogP contribution in [0.15, 0.2) is 18.3 Å². The molecule has 4 bridgehead atoms. The molecule has 0 spiro atoms. The van der Waals surface area contributed by atoms with Crippen molar-refractivity contribution in [3.05, 3.63) is 35.1 Å². The summed E-state index contributed by atoms with van der Waals surface area (Å²) in [4.78, 5) is 25.9. The van der Waals surface area contributed by atoms with Gasteiger partial charge in [-0.3, -0.25) is 9.20 Å². The Hall–Kier alpha value is -2.36. The molecule has 6 nitrogen and oxygen atoms in total. The molecule has 0 atom stereocenters. The highest BCUT2D eigenvalue weighted by Gasteiger charge is 2.51. The number of halogens is 5. The number of carbonyl (C=O) groups is 2. The van der Waals surface area contributed by atoms with Crippen molar-refractivity contribution in [2.75, 3.05) is 0 Å². The minimum absolute atomic E-state index is 0.0313. The van der Waals surface area contributed by atoms with Crippen molar-refractivity contribution in [1.29, 1.82) is 0 Å². The van der Waals surface area contributed by atoms with Crippen LogP contribution in [0.25, 0.3) is 5.52 Å². The predicted octanol–water partition coefficient (Wildman–Crippen LogP) is 4.46. The molecular weight excluding hydrogens is 442 g/mol. The molecule has 4 fully saturated rings. The second kappa shape index (κ2) is 7.65. The quantitative estimate of drug-likeness (QED) is 0.647. The molecule has 168 valence electrons. The number of nitrogens with one attached hydrogen (secondary N) is 1. The molecule has 0 aromatic carbocycles. The first-order valence-corrected chi connectivity index (χ1v) is 10.3. The van der Waals surface area contributed by atoms with Crippen molar-refractivity contribution < 1.29 is 32.3 Å². The number of alkyl halides is 3. The lowest BCUT2D eigenvalue weighted by Gasteiger charge is -2.56. The molecule has 2 aromatic rings. The highest BCUT2D eigenvalue weighted by molar-refractivity contribution is 6.33. The molecule has 4 aliphatic carbocycles. The van der Waals surface area contributed by atoms with E-state index < -0.39 is 18.0 Å². The summed E-state index contributed by atoms with van der Waals surface area (Å²) < 4.78 is 47.2. The van der Waals surface area contributed by atoms with Crippen molar-refractivity contribution in [2.45, 2.75) is 50.2 Å². The molecule has 2 aromatic heterocycles. The van der Waals surface area contributed by atoms with Gasteiger partial charge in [-0.1, -0.05) is 11.6 Å². The molecule has 0 aliphatic heterocycles. The fourth-order valence-corrected chi connectivity index (χ4v) is 6.04. The number of fused-ring (bicyclic) bond motifs is 1. The first-order valence-electron chi connectivity index (χ1n) is 9.92. The van der Waals surface area contributed by atoms with Crippen molar-refractivity contribution >= 4 is 29.0 Å². The van der Waals surface area contributed by atoms with Crippen LogP contribution in [0.4, 0.5) is 17.6 Å². The first kappa shape index (κ1) is 21.9. The van der Waals surface area contributed by atoms with Crippen molar-refractivity contribution in [2.24, 2.45) is 17.8 Å². The van der Waals surface area contributed by atoms with Crippen LogP contribution in [-0.2, 0) is 4.79 Å². The number of aliphatic carboxylic acids is 1. The average molecular weight is 462 g/mol. The van der Waals surface area contributed by atoms with Gasteiger partial charge in [0.05, 0.1) is 0 Å². The zero-order valence-electron chi connectivity index (χ0n) is 16.3. The molecule has 1 amide bonds. The third-order valence-electron chi connectivity index (χ3n) is 6.43. The predicted molar refractivity (Wildman–Crippen MR) is 102 cm³/mol. The Balaban J connectivity index is 0.000000289. The number of imidazole rings is 1. The average Bonchev–Trinajstić information content (AvgIpc) is 2.98. The third kappa shape index (κ3) is 4.22. The topological polar surface area (TPSA) is 83.7 Å². The van der Waals surface area contributed by atoms with Crippen LogP contribution in [0.1, 0.15) is 49.1 Å². The zero-order valence-corrected chi connectivity index (χ0v) is 17.0. The second-order valence-electron chi connectivity index (χ2n) is 8.76. The molecule has 2 N–H and O–H groups in total. The zero-order chi connectivity index (χ0) is 22.6. The maximum Gasteiger partial charge on any atom is 0.490 e. The molecule has 6 rings (SSSR count). The Morgan fingerprint density at radius 3 is 2.16 bits per heavy atom. The maximum atomic E-state index is 14.0. The number of hydrogen-bond donors (Lipinski definition) is 2. The minimum Gasteiger partial charge on any atom is -0.475 e. The van der Waals surface area contributed by atoms with Crippen LogP contribution < -0.4 is 5.32 Å². The van der Waals surface area contributed by atoms with E-state index in [2.05, 4.69) is 10.3 Å². The van der Waals surface area contributed by atoms with E-state index in [0.717, 1.165) is 37.0 Å². The van der Waals surface area contributed by atoms with Gasteiger partial charge in [0.1, 0.15) is 11.3 Å². The molecule has 31 heavy (non-hydrogen) atoms. The van der Waals surface area contributed by atoms with Gasteiger partial charge in [0, 0.05) is 11.7 Å². The van der Waals surface area contributed by atoms with Crippen LogP contribution >= 0.6 is 11.6 Å². The number of carboxylic acid groups (broad SMARTS) is 1. The molecule has 4 aliphatic rings. The highest BCUT2D eigenvalue weighted by Crippen LogP contribution is 2.55. The molecular formula is C20H20ClF4N3O3. The standard InChI is InChI=1S/C18H19ClFN3O.C2HF3O2/c19-15-14-13(20)2-1-3-23(14)16(21-15)17(24)22-18-7-10-4-11(8-18)6-12(5-10)9-18;3-2(4,5)1(6)7/h1-3,10-12H,4-9H2,(H,22,24);(H,6,7). The number of pyridine rings is 1. The van der Waals surface area contributed by atoms with Crippen LogP contribution in [-0.4, -0.2) is 38.1 Å². The van der Waals surface area contributed by atoms with Crippen molar-refractivity contribution in [3.8, 4) is 0 Å². The maximum absolute atomic E-state index is 14.0. The van der Waals surface area contributed by atoms with E-state index in [0.29, 0.717) is 0 Å². The number of amides is 1. The number of carbonyl (C=O) groups excluding carboxylic acids is 1. The van der Waals surface area contributed by atoms with E-state index in [1.54, 1.807) is 12.3 Å². The van der Waals surface area contributed by atoms with Crippen molar-refractivity contribution in [3.63, 3.8) is 0 Å². The fraction of sp³-hybridized carbons (Fsp3) is 0.550.